The molecule has 37 heavy (non-hydrogen) atoms. The van der Waals surface area contributed by atoms with E-state index in [1.165, 1.54) is 22.7 Å². The highest BCUT2D eigenvalue weighted by Gasteiger charge is 2.38. The number of rotatable bonds is 2. The molecule has 0 unspecified atom stereocenters. The average molecular weight is 539 g/mol. The number of fused-ring (bicyclic) bond motifs is 5. The zero-order valence-electron chi connectivity index (χ0n) is 20.4. The third-order valence-electron chi connectivity index (χ3n) is 6.13. The molecule has 2 aliphatic heterocycles. The third kappa shape index (κ3) is 5.39. The van der Waals surface area contributed by atoms with Gasteiger partial charge >= 0.3 is 0 Å². The molecule has 0 fully saturated rings. The van der Waals surface area contributed by atoms with Gasteiger partial charge in [0.1, 0.15) is 33.5 Å². The van der Waals surface area contributed by atoms with Crippen molar-refractivity contribution in [3.63, 3.8) is 0 Å². The largest absolute Gasteiger partial charge is 0.474 e. The Bertz CT molecular complexity index is 1350. The predicted molar refractivity (Wildman–Crippen MR) is 140 cm³/mol. The number of nitrogens with zero attached hydrogens (tertiary/aromatic N) is 3. The highest BCUT2D eigenvalue weighted by Crippen LogP contribution is 2.24. The summed E-state index contributed by atoms with van der Waals surface area (Å²) in [4.78, 5) is 52.6. The van der Waals surface area contributed by atoms with Crippen LogP contribution in [0.25, 0.3) is 0 Å². The molecule has 2 aromatic heterocycles. The van der Waals surface area contributed by atoms with Crippen LogP contribution in [0.5, 0.6) is 0 Å². The average Bonchev–Trinajstić information content (AvgIpc) is 3.63. The highest BCUT2D eigenvalue weighted by atomic mass is 32.1. The van der Waals surface area contributed by atoms with Gasteiger partial charge < -0.3 is 20.7 Å². The van der Waals surface area contributed by atoms with Crippen LogP contribution in [0.3, 0.4) is 0 Å². The van der Waals surface area contributed by atoms with E-state index in [-0.39, 0.29) is 23.2 Å². The van der Waals surface area contributed by atoms with Crippen molar-refractivity contribution in [2.24, 2.45) is 4.99 Å². The quantitative estimate of drug-likeness (QED) is 0.459. The van der Waals surface area contributed by atoms with Gasteiger partial charge in [0, 0.05) is 17.2 Å². The molecule has 5 rings (SSSR count). The molecule has 0 spiro atoms. The number of benzene rings is 1. The molecular formula is C25H26N6O4S2. The van der Waals surface area contributed by atoms with E-state index in [4.69, 9.17) is 4.74 Å². The maximum atomic E-state index is 13.2. The van der Waals surface area contributed by atoms with Crippen molar-refractivity contribution in [2.45, 2.75) is 57.5 Å². The second-order valence-electron chi connectivity index (χ2n) is 9.02. The van der Waals surface area contributed by atoms with E-state index in [2.05, 4.69) is 30.9 Å². The fourth-order valence-corrected chi connectivity index (χ4v) is 5.74. The minimum Gasteiger partial charge on any atom is -0.474 e. The van der Waals surface area contributed by atoms with Gasteiger partial charge in [-0.1, -0.05) is 30.3 Å². The Kier molecular flexibility index (Phi) is 7.02. The van der Waals surface area contributed by atoms with Crippen LogP contribution >= 0.6 is 22.7 Å². The summed E-state index contributed by atoms with van der Waals surface area (Å²) in [6.07, 6.45) is -0.0994. The Balaban J connectivity index is 1.50. The Morgan fingerprint density at radius 1 is 0.838 bits per heavy atom. The zero-order chi connectivity index (χ0) is 26.1. The van der Waals surface area contributed by atoms with Gasteiger partial charge in [0.05, 0.1) is 12.1 Å². The van der Waals surface area contributed by atoms with Gasteiger partial charge in [-0.2, -0.15) is 0 Å². The van der Waals surface area contributed by atoms with E-state index < -0.39 is 36.2 Å². The van der Waals surface area contributed by atoms with Gasteiger partial charge in [-0.3, -0.25) is 14.4 Å². The maximum Gasteiger partial charge on any atom is 0.271 e. The molecule has 192 valence electrons. The summed E-state index contributed by atoms with van der Waals surface area (Å²) < 4.78 is 6.01. The summed E-state index contributed by atoms with van der Waals surface area (Å²) in [6, 6.07) is 7.42. The van der Waals surface area contributed by atoms with E-state index in [1.54, 1.807) is 31.5 Å². The summed E-state index contributed by atoms with van der Waals surface area (Å²) in [5.41, 5.74) is 1.46. The molecule has 0 aliphatic carbocycles. The van der Waals surface area contributed by atoms with Crippen LogP contribution in [0, 0.1) is 0 Å². The summed E-state index contributed by atoms with van der Waals surface area (Å²) in [6.45, 7) is 5.38. The van der Waals surface area contributed by atoms with E-state index in [0.29, 0.717) is 22.3 Å². The van der Waals surface area contributed by atoms with Crippen LogP contribution < -0.4 is 16.0 Å². The van der Waals surface area contributed by atoms with Gasteiger partial charge in [0.15, 0.2) is 6.04 Å². The summed E-state index contributed by atoms with van der Waals surface area (Å²) in [7, 11) is 0. The smallest absolute Gasteiger partial charge is 0.271 e. The minimum atomic E-state index is -0.791. The van der Waals surface area contributed by atoms with Crippen LogP contribution in [0.15, 0.2) is 46.1 Å². The second kappa shape index (κ2) is 10.4. The van der Waals surface area contributed by atoms with E-state index in [1.807, 2.05) is 30.3 Å². The Morgan fingerprint density at radius 2 is 1.43 bits per heavy atom. The molecular weight excluding hydrogens is 512 g/mol. The van der Waals surface area contributed by atoms with Crippen LogP contribution in [0.2, 0.25) is 0 Å². The van der Waals surface area contributed by atoms with Gasteiger partial charge in [-0.15, -0.1) is 22.7 Å². The number of aliphatic imine (C=N–C) groups is 1. The molecule has 0 saturated heterocycles. The van der Waals surface area contributed by atoms with Crippen LogP contribution in [-0.2, 0) is 16.0 Å². The van der Waals surface area contributed by atoms with Crippen molar-refractivity contribution in [1.29, 1.82) is 0 Å². The summed E-state index contributed by atoms with van der Waals surface area (Å²) in [5.74, 6) is -0.773. The molecule has 2 aliphatic rings. The topological polar surface area (TPSA) is 135 Å². The lowest BCUT2D eigenvalue weighted by Gasteiger charge is -2.19. The number of carbonyl (C=O) groups excluding carboxylic acids is 3. The number of hydrogen-bond acceptors (Lipinski definition) is 9. The molecule has 3 N–H and O–H groups in total. The van der Waals surface area contributed by atoms with Crippen molar-refractivity contribution in [2.75, 3.05) is 0 Å². The number of hydrogen-bond donors (Lipinski definition) is 3. The lowest BCUT2D eigenvalue weighted by Crippen LogP contribution is -2.43. The van der Waals surface area contributed by atoms with Crippen LogP contribution in [0.1, 0.15) is 69.4 Å². The summed E-state index contributed by atoms with van der Waals surface area (Å²) in [5, 5.41) is 13.3. The molecule has 0 radical (unpaired) electrons. The first-order valence-corrected chi connectivity index (χ1v) is 13.7. The first-order valence-electron chi connectivity index (χ1n) is 11.9. The van der Waals surface area contributed by atoms with Gasteiger partial charge in [0.2, 0.25) is 11.8 Å². The lowest BCUT2D eigenvalue weighted by atomic mass is 10.1. The van der Waals surface area contributed by atoms with E-state index in [9.17, 15) is 14.4 Å². The zero-order valence-corrected chi connectivity index (χ0v) is 22.1. The molecule has 10 nitrogen and oxygen atoms in total. The molecule has 0 saturated carbocycles. The number of carbonyl (C=O) groups is 3. The SMILES string of the molecule is C[C@@H]1NC(=O)c2csc(n2)[C@H](C)NC(=O)[C@H]2N=C(O[C@@H]2C)[C@H](Cc2ccccc2)NC(=O)c2csc1n2. The first kappa shape index (κ1) is 25.0. The van der Waals surface area contributed by atoms with Crippen molar-refractivity contribution in [1.82, 2.24) is 25.9 Å². The normalized spacial score (nSPS) is 26.2. The van der Waals surface area contributed by atoms with E-state index >= 15 is 0 Å². The molecule has 6 bridgehead atoms. The molecule has 3 amide bonds. The van der Waals surface area contributed by atoms with Gasteiger partial charge in [0.25, 0.3) is 11.8 Å². The first-order chi connectivity index (χ1) is 17.8. The highest BCUT2D eigenvalue weighted by molar-refractivity contribution is 7.10. The number of amides is 3. The number of nitrogens with one attached hydrogen (secondary N) is 3. The maximum absolute atomic E-state index is 13.2. The fraction of sp³-hybridized carbons (Fsp3) is 0.360. The third-order valence-corrected chi connectivity index (χ3v) is 8.18. The van der Waals surface area contributed by atoms with Crippen molar-refractivity contribution in [3.8, 4) is 0 Å². The molecule has 5 atom stereocenters. The molecule has 4 heterocycles. The fourth-order valence-electron chi connectivity index (χ4n) is 4.13. The minimum absolute atomic E-state index is 0.228. The van der Waals surface area contributed by atoms with Crippen molar-refractivity contribution in [3.05, 3.63) is 68.1 Å². The lowest BCUT2D eigenvalue weighted by molar-refractivity contribution is -0.124. The Hall–Kier alpha value is -3.64. The van der Waals surface area contributed by atoms with Crippen molar-refractivity contribution >= 4 is 46.3 Å². The second-order valence-corrected chi connectivity index (χ2v) is 10.8. The number of aromatic nitrogens is 2. The van der Waals surface area contributed by atoms with Crippen LogP contribution in [-0.4, -0.2) is 51.8 Å². The monoisotopic (exact) mass is 538 g/mol. The number of thiazole rings is 2. The molecule has 1 aromatic carbocycles. The predicted octanol–water partition coefficient (Wildman–Crippen LogP) is 2.81. The standard InChI is InChI=1S/C25H26N6O4S2/c1-12-24-30-18(11-37-24)21(33)28-16(9-15-7-5-4-6-8-15)23-31-19(14(3)35-23)22(34)27-13(2)25-29-17(10-36-25)20(32)26-12/h4-8,10-14,16,19H,9H2,1-3H3,(H,26,32)(H,27,34)(H,28,33)/t12-,13-,14+,16-,19-/m0/s1. The Morgan fingerprint density at radius 3 is 2.08 bits per heavy atom. The van der Waals surface area contributed by atoms with Crippen molar-refractivity contribution < 1.29 is 19.1 Å². The molecule has 3 aromatic rings. The number of ether oxygens (including phenoxy) is 1. The van der Waals surface area contributed by atoms with Gasteiger partial charge in [-0.05, 0) is 26.3 Å². The Labute approximate surface area is 221 Å². The molecule has 12 heteroatoms. The van der Waals surface area contributed by atoms with E-state index in [0.717, 1.165) is 5.56 Å². The summed E-state index contributed by atoms with van der Waals surface area (Å²) >= 11 is 2.58. The van der Waals surface area contributed by atoms with Gasteiger partial charge in [-0.25, -0.2) is 15.0 Å². The van der Waals surface area contributed by atoms with Crippen LogP contribution in [0.4, 0.5) is 0 Å².